The number of pyridine rings is 1. The number of nitrogens with zero attached hydrogens (tertiary/aromatic N) is 3. The van der Waals surface area contributed by atoms with Gasteiger partial charge in [-0.25, -0.2) is 9.97 Å². The number of thiazole rings is 1. The van der Waals surface area contributed by atoms with Crippen LogP contribution in [0.5, 0.6) is 5.88 Å². The van der Waals surface area contributed by atoms with Crippen LogP contribution in [0, 0.1) is 0 Å². The Bertz CT molecular complexity index is 723. The third-order valence-electron chi connectivity index (χ3n) is 4.74. The van der Waals surface area contributed by atoms with Gasteiger partial charge in [0.25, 0.3) is 0 Å². The molecule has 26 heavy (non-hydrogen) atoms. The lowest BCUT2D eigenvalue weighted by Crippen LogP contribution is -2.25. The number of hydrogen-bond donors (Lipinski definition) is 0. The van der Waals surface area contributed by atoms with E-state index in [1.807, 2.05) is 20.0 Å². The van der Waals surface area contributed by atoms with Crippen molar-refractivity contribution in [1.29, 1.82) is 0 Å². The monoisotopic (exact) mass is 373 g/mol. The summed E-state index contributed by atoms with van der Waals surface area (Å²) in [6.07, 6.45) is 7.02. The number of hydrogen-bond acceptors (Lipinski definition) is 6. The first kappa shape index (κ1) is 17.9. The van der Waals surface area contributed by atoms with E-state index in [2.05, 4.69) is 27.4 Å². The van der Waals surface area contributed by atoms with Gasteiger partial charge in [-0.3, -0.25) is 4.90 Å². The van der Waals surface area contributed by atoms with Gasteiger partial charge in [0.1, 0.15) is 11.1 Å². The molecule has 2 aromatic rings. The van der Waals surface area contributed by atoms with E-state index in [-0.39, 0.29) is 12.2 Å². The van der Waals surface area contributed by atoms with Gasteiger partial charge in [0.15, 0.2) is 0 Å². The van der Waals surface area contributed by atoms with Crippen LogP contribution in [-0.2, 0) is 17.8 Å². The summed E-state index contributed by atoms with van der Waals surface area (Å²) >= 11 is 1.74. The molecule has 1 unspecified atom stereocenters. The highest BCUT2D eigenvalue weighted by Gasteiger charge is 2.30. The van der Waals surface area contributed by atoms with Gasteiger partial charge in [0.2, 0.25) is 5.88 Å². The first-order valence-corrected chi connectivity index (χ1v) is 10.5. The van der Waals surface area contributed by atoms with Crippen molar-refractivity contribution in [3.63, 3.8) is 0 Å². The Labute approximate surface area is 159 Å². The Morgan fingerprint density at radius 3 is 2.92 bits per heavy atom. The zero-order valence-corrected chi connectivity index (χ0v) is 16.4. The van der Waals surface area contributed by atoms with E-state index in [0.29, 0.717) is 11.9 Å². The molecule has 1 saturated heterocycles. The van der Waals surface area contributed by atoms with Crippen LogP contribution in [-0.4, -0.2) is 33.6 Å². The second-order valence-electron chi connectivity index (χ2n) is 7.48. The summed E-state index contributed by atoms with van der Waals surface area (Å²) in [6.45, 7) is 6.74. The first-order valence-electron chi connectivity index (χ1n) is 9.59. The summed E-state index contributed by atoms with van der Waals surface area (Å²) in [5.41, 5.74) is 2.41. The molecule has 0 spiro atoms. The predicted octanol–water partition coefficient (Wildman–Crippen LogP) is 4.34. The minimum atomic E-state index is 0.142. The molecule has 3 heterocycles. The highest BCUT2D eigenvalue weighted by molar-refractivity contribution is 7.09. The number of aromatic nitrogens is 2. The standard InChI is InChI=1S/C20H27N3O2S/c1-14(2)25-19-10-15(7-8-21-19)11-23(17-5-6-17)12-16-13-26-20(22-16)18-4-3-9-24-18/h7-8,10,13-14,17-18H,3-6,9,11-12H2,1-2H3. The van der Waals surface area contributed by atoms with E-state index >= 15 is 0 Å². The zero-order chi connectivity index (χ0) is 17.9. The van der Waals surface area contributed by atoms with E-state index < -0.39 is 0 Å². The van der Waals surface area contributed by atoms with Gasteiger partial charge in [0, 0.05) is 43.4 Å². The average Bonchev–Trinajstić information content (AvgIpc) is 3.11. The third kappa shape index (κ3) is 4.61. The van der Waals surface area contributed by atoms with Crippen molar-refractivity contribution >= 4 is 11.3 Å². The van der Waals surface area contributed by atoms with Crippen molar-refractivity contribution in [2.75, 3.05) is 6.61 Å². The summed E-state index contributed by atoms with van der Waals surface area (Å²) in [5.74, 6) is 0.711. The highest BCUT2D eigenvalue weighted by atomic mass is 32.1. The molecule has 0 N–H and O–H groups in total. The Kier molecular flexibility index (Phi) is 5.52. The summed E-state index contributed by atoms with van der Waals surface area (Å²) in [7, 11) is 0. The van der Waals surface area contributed by atoms with Crippen LogP contribution in [0.2, 0.25) is 0 Å². The first-order chi connectivity index (χ1) is 12.7. The minimum absolute atomic E-state index is 0.142. The average molecular weight is 374 g/mol. The van der Waals surface area contributed by atoms with Gasteiger partial charge >= 0.3 is 0 Å². The van der Waals surface area contributed by atoms with Crippen molar-refractivity contribution in [2.24, 2.45) is 0 Å². The Balaban J connectivity index is 1.42. The summed E-state index contributed by atoms with van der Waals surface area (Å²) in [4.78, 5) is 11.7. The van der Waals surface area contributed by atoms with Crippen molar-refractivity contribution in [2.45, 2.75) is 70.9 Å². The molecule has 2 aliphatic rings. The van der Waals surface area contributed by atoms with E-state index in [1.165, 1.54) is 24.1 Å². The zero-order valence-electron chi connectivity index (χ0n) is 15.6. The van der Waals surface area contributed by atoms with Crippen molar-refractivity contribution < 1.29 is 9.47 Å². The van der Waals surface area contributed by atoms with Crippen LogP contribution in [0.25, 0.3) is 0 Å². The molecule has 0 radical (unpaired) electrons. The molecule has 1 saturated carbocycles. The van der Waals surface area contributed by atoms with E-state index in [4.69, 9.17) is 14.5 Å². The second kappa shape index (κ2) is 8.03. The number of ether oxygens (including phenoxy) is 2. The van der Waals surface area contributed by atoms with E-state index in [9.17, 15) is 0 Å². The molecule has 140 valence electrons. The second-order valence-corrected chi connectivity index (χ2v) is 8.37. The molecular weight excluding hydrogens is 346 g/mol. The molecule has 2 fully saturated rings. The van der Waals surface area contributed by atoms with Crippen LogP contribution in [0.3, 0.4) is 0 Å². The van der Waals surface area contributed by atoms with Gasteiger partial charge in [-0.1, -0.05) is 0 Å². The van der Waals surface area contributed by atoms with Gasteiger partial charge < -0.3 is 9.47 Å². The van der Waals surface area contributed by atoms with Crippen molar-refractivity contribution in [3.8, 4) is 5.88 Å². The molecule has 0 bridgehead atoms. The van der Waals surface area contributed by atoms with Gasteiger partial charge in [-0.2, -0.15) is 0 Å². The van der Waals surface area contributed by atoms with Crippen LogP contribution < -0.4 is 4.74 Å². The smallest absolute Gasteiger partial charge is 0.213 e. The molecule has 5 nitrogen and oxygen atoms in total. The fourth-order valence-corrected chi connectivity index (χ4v) is 4.26. The molecule has 2 aromatic heterocycles. The maximum absolute atomic E-state index is 5.77. The number of rotatable bonds is 8. The van der Waals surface area contributed by atoms with Gasteiger partial charge in [-0.15, -0.1) is 11.3 Å². The van der Waals surface area contributed by atoms with Crippen LogP contribution in [0.1, 0.15) is 61.9 Å². The van der Waals surface area contributed by atoms with Crippen molar-refractivity contribution in [1.82, 2.24) is 14.9 Å². The highest BCUT2D eigenvalue weighted by Crippen LogP contribution is 2.33. The Morgan fingerprint density at radius 2 is 2.19 bits per heavy atom. The molecule has 1 aliphatic heterocycles. The normalized spacial score (nSPS) is 20.2. The van der Waals surface area contributed by atoms with Gasteiger partial charge in [0.05, 0.1) is 11.8 Å². The van der Waals surface area contributed by atoms with E-state index in [0.717, 1.165) is 37.5 Å². The molecule has 0 aromatic carbocycles. The fourth-order valence-electron chi connectivity index (χ4n) is 3.37. The molecule has 1 aliphatic carbocycles. The minimum Gasteiger partial charge on any atom is -0.475 e. The lowest BCUT2D eigenvalue weighted by atomic mass is 10.2. The molecule has 4 rings (SSSR count). The van der Waals surface area contributed by atoms with Crippen molar-refractivity contribution in [3.05, 3.63) is 40.0 Å². The lowest BCUT2D eigenvalue weighted by molar-refractivity contribution is 0.111. The molecule has 1 atom stereocenters. The maximum atomic E-state index is 5.77. The lowest BCUT2D eigenvalue weighted by Gasteiger charge is -2.21. The summed E-state index contributed by atoms with van der Waals surface area (Å²) in [5, 5.41) is 3.34. The Morgan fingerprint density at radius 1 is 1.31 bits per heavy atom. The topological polar surface area (TPSA) is 47.5 Å². The van der Waals surface area contributed by atoms with Crippen LogP contribution in [0.15, 0.2) is 23.7 Å². The fraction of sp³-hybridized carbons (Fsp3) is 0.600. The molecule has 0 amide bonds. The van der Waals surface area contributed by atoms with Crippen LogP contribution in [0.4, 0.5) is 0 Å². The largest absolute Gasteiger partial charge is 0.475 e. The van der Waals surface area contributed by atoms with Gasteiger partial charge in [-0.05, 0) is 51.2 Å². The predicted molar refractivity (Wildman–Crippen MR) is 102 cm³/mol. The Hall–Kier alpha value is -1.50. The SMILES string of the molecule is CC(C)Oc1cc(CN(Cc2csc(C3CCCO3)n2)C2CC2)ccn1. The maximum Gasteiger partial charge on any atom is 0.213 e. The van der Waals surface area contributed by atoms with Crippen LogP contribution >= 0.6 is 11.3 Å². The molecular formula is C20H27N3O2S. The summed E-state index contributed by atoms with van der Waals surface area (Å²) < 4.78 is 11.5. The molecule has 6 heteroatoms. The summed E-state index contributed by atoms with van der Waals surface area (Å²) in [6, 6.07) is 4.82. The third-order valence-corrected chi connectivity index (χ3v) is 5.73. The quantitative estimate of drug-likeness (QED) is 0.689. The van der Waals surface area contributed by atoms with E-state index in [1.54, 1.807) is 11.3 Å².